The summed E-state index contributed by atoms with van der Waals surface area (Å²) in [6, 6.07) is 4.98. The van der Waals surface area contributed by atoms with Gasteiger partial charge in [-0.3, -0.25) is 9.59 Å². The monoisotopic (exact) mass is 381 g/mol. The number of phenolic OH excluding ortho intramolecular Hbond substituents is 1. The van der Waals surface area contributed by atoms with E-state index >= 15 is 0 Å². The molecule has 1 aromatic heterocycles. The van der Waals surface area contributed by atoms with Crippen molar-refractivity contribution >= 4 is 45.2 Å². The van der Waals surface area contributed by atoms with Crippen molar-refractivity contribution < 1.29 is 9.90 Å². The molecular formula is C16H16BrNO3S. The number of thiazole rings is 1. The summed E-state index contributed by atoms with van der Waals surface area (Å²) in [7, 11) is 0. The first-order chi connectivity index (χ1) is 10.2. The van der Waals surface area contributed by atoms with Crippen LogP contribution in [0, 0.1) is 5.41 Å². The summed E-state index contributed by atoms with van der Waals surface area (Å²) in [5.74, 6) is 0.103. The van der Waals surface area contributed by atoms with Gasteiger partial charge in [-0.05, 0) is 39.7 Å². The molecule has 0 unspecified atom stereocenters. The van der Waals surface area contributed by atoms with Gasteiger partial charge in [-0.15, -0.1) is 11.3 Å². The van der Waals surface area contributed by atoms with E-state index in [1.165, 1.54) is 17.4 Å². The van der Waals surface area contributed by atoms with Gasteiger partial charge in [0.25, 0.3) is 5.56 Å². The zero-order chi connectivity index (χ0) is 16.5. The van der Waals surface area contributed by atoms with Crippen molar-refractivity contribution in [2.24, 2.45) is 5.41 Å². The van der Waals surface area contributed by atoms with Crippen LogP contribution in [0.1, 0.15) is 26.3 Å². The number of aromatic amines is 1. The van der Waals surface area contributed by atoms with E-state index in [1.807, 2.05) is 20.8 Å². The predicted molar refractivity (Wildman–Crippen MR) is 92.5 cm³/mol. The smallest absolute Gasteiger partial charge is 0.266 e. The topological polar surface area (TPSA) is 70.2 Å². The second kappa shape index (κ2) is 6.22. The van der Waals surface area contributed by atoms with Crippen LogP contribution in [0.25, 0.3) is 12.2 Å². The molecule has 4 nitrogen and oxygen atoms in total. The molecule has 0 bridgehead atoms. The van der Waals surface area contributed by atoms with Gasteiger partial charge in [-0.2, -0.15) is 0 Å². The van der Waals surface area contributed by atoms with Gasteiger partial charge in [0.15, 0.2) is 5.78 Å². The fourth-order valence-electron chi connectivity index (χ4n) is 1.62. The summed E-state index contributed by atoms with van der Waals surface area (Å²) < 4.78 is 1.60. The highest BCUT2D eigenvalue weighted by Gasteiger charge is 2.18. The van der Waals surface area contributed by atoms with E-state index in [0.717, 1.165) is 5.56 Å². The van der Waals surface area contributed by atoms with Crippen molar-refractivity contribution in [3.05, 3.63) is 47.8 Å². The number of ketones is 1. The number of benzene rings is 1. The lowest BCUT2D eigenvalue weighted by atomic mass is 9.91. The molecule has 22 heavy (non-hydrogen) atoms. The molecule has 0 aliphatic rings. The lowest BCUT2D eigenvalue weighted by molar-refractivity contribution is -0.119. The summed E-state index contributed by atoms with van der Waals surface area (Å²) in [4.78, 5) is 26.6. The third-order valence-electron chi connectivity index (χ3n) is 2.95. The number of hydrogen-bond acceptors (Lipinski definition) is 4. The third-order valence-corrected chi connectivity index (χ3v) is 4.55. The standard InChI is InChI=1S/C16H16BrNO3S/c1-16(2,3)13(20)8-14-18-15(21)12(22-14)7-9-4-5-11(19)10(17)6-9/h4-8,19H,1-3H3,(H,18,21)/b12-7-,14-8+. The predicted octanol–water partition coefficient (Wildman–Crippen LogP) is 2.13. The Morgan fingerprint density at radius 2 is 2.05 bits per heavy atom. The fraction of sp³-hybridized carbons (Fsp3) is 0.250. The van der Waals surface area contributed by atoms with Crippen molar-refractivity contribution in [3.8, 4) is 5.75 Å². The lowest BCUT2D eigenvalue weighted by Gasteiger charge is -2.12. The number of carbonyl (C=O) groups excluding carboxylic acids is 1. The molecule has 0 fully saturated rings. The van der Waals surface area contributed by atoms with E-state index < -0.39 is 5.41 Å². The highest BCUT2D eigenvalue weighted by molar-refractivity contribution is 9.10. The molecule has 0 amide bonds. The minimum absolute atomic E-state index is 0.0380. The maximum Gasteiger partial charge on any atom is 0.266 e. The Bertz CT molecular complexity index is 887. The molecule has 0 aliphatic heterocycles. The largest absolute Gasteiger partial charge is 0.507 e. The number of hydrogen-bond donors (Lipinski definition) is 2. The van der Waals surface area contributed by atoms with Gasteiger partial charge < -0.3 is 10.1 Å². The summed E-state index contributed by atoms with van der Waals surface area (Å²) in [6.45, 7) is 5.50. The maximum absolute atomic E-state index is 12.0. The first kappa shape index (κ1) is 16.7. The molecule has 2 rings (SSSR count). The number of Topliss-reactive ketones (excluding diaryl/α,β-unsaturated/α-hetero) is 1. The van der Waals surface area contributed by atoms with Crippen LogP contribution in [0.15, 0.2) is 27.5 Å². The van der Waals surface area contributed by atoms with Crippen LogP contribution in [-0.2, 0) is 4.79 Å². The molecule has 0 saturated carbocycles. The number of nitrogens with one attached hydrogen (secondary N) is 1. The Hall–Kier alpha value is -1.66. The van der Waals surface area contributed by atoms with Gasteiger partial charge in [-0.1, -0.05) is 26.8 Å². The Morgan fingerprint density at radius 3 is 2.64 bits per heavy atom. The van der Waals surface area contributed by atoms with Gasteiger partial charge in [-0.25, -0.2) is 0 Å². The van der Waals surface area contributed by atoms with Gasteiger partial charge in [0.2, 0.25) is 0 Å². The third kappa shape index (κ3) is 3.96. The van der Waals surface area contributed by atoms with E-state index in [2.05, 4.69) is 20.9 Å². The summed E-state index contributed by atoms with van der Waals surface area (Å²) in [5, 5.41) is 9.48. The maximum atomic E-state index is 12.0. The van der Waals surface area contributed by atoms with E-state index in [4.69, 9.17) is 0 Å². The normalized spacial score (nSPS) is 13.6. The van der Waals surface area contributed by atoms with Crippen LogP contribution in [0.2, 0.25) is 0 Å². The fourth-order valence-corrected chi connectivity index (χ4v) is 2.91. The minimum atomic E-state index is -0.480. The molecule has 0 spiro atoms. The highest BCUT2D eigenvalue weighted by Crippen LogP contribution is 2.24. The van der Waals surface area contributed by atoms with Crippen LogP contribution in [0.5, 0.6) is 5.75 Å². The van der Waals surface area contributed by atoms with Gasteiger partial charge >= 0.3 is 0 Å². The van der Waals surface area contributed by atoms with Crippen LogP contribution < -0.4 is 14.8 Å². The molecule has 2 aromatic rings. The second-order valence-corrected chi connectivity index (χ2v) is 7.84. The van der Waals surface area contributed by atoms with Crippen LogP contribution >= 0.6 is 27.3 Å². The first-order valence-electron chi connectivity index (χ1n) is 6.62. The Morgan fingerprint density at radius 1 is 1.36 bits per heavy atom. The van der Waals surface area contributed by atoms with Crippen LogP contribution in [0.4, 0.5) is 0 Å². The van der Waals surface area contributed by atoms with Crippen molar-refractivity contribution in [2.75, 3.05) is 0 Å². The molecule has 0 radical (unpaired) electrons. The van der Waals surface area contributed by atoms with Crippen LogP contribution in [0.3, 0.4) is 0 Å². The molecular weight excluding hydrogens is 366 g/mol. The number of aromatic hydroxyl groups is 1. The molecule has 0 atom stereocenters. The number of rotatable bonds is 2. The number of H-pyrrole nitrogens is 1. The van der Waals surface area contributed by atoms with Crippen LogP contribution in [-0.4, -0.2) is 15.9 Å². The number of halogens is 1. The van der Waals surface area contributed by atoms with Crippen molar-refractivity contribution in [1.29, 1.82) is 0 Å². The number of aromatic nitrogens is 1. The average molecular weight is 382 g/mol. The molecule has 116 valence electrons. The van der Waals surface area contributed by atoms with E-state index in [1.54, 1.807) is 24.3 Å². The zero-order valence-corrected chi connectivity index (χ0v) is 14.8. The molecule has 0 saturated heterocycles. The van der Waals surface area contributed by atoms with Crippen molar-refractivity contribution in [2.45, 2.75) is 20.8 Å². The van der Waals surface area contributed by atoms with Crippen molar-refractivity contribution in [3.63, 3.8) is 0 Å². The van der Waals surface area contributed by atoms with Crippen molar-refractivity contribution in [1.82, 2.24) is 4.98 Å². The highest BCUT2D eigenvalue weighted by atomic mass is 79.9. The van der Waals surface area contributed by atoms with E-state index in [-0.39, 0.29) is 17.1 Å². The Labute approximate surface area is 140 Å². The summed E-state index contributed by atoms with van der Waals surface area (Å²) >= 11 is 4.47. The summed E-state index contributed by atoms with van der Waals surface area (Å²) in [6.07, 6.45) is 3.18. The molecule has 2 N–H and O–H groups in total. The zero-order valence-electron chi connectivity index (χ0n) is 12.4. The number of phenols is 1. The minimum Gasteiger partial charge on any atom is -0.507 e. The average Bonchev–Trinajstić information content (AvgIpc) is 2.73. The van der Waals surface area contributed by atoms with E-state index in [0.29, 0.717) is 13.7 Å². The summed E-state index contributed by atoms with van der Waals surface area (Å²) in [5.41, 5.74) is 0.0694. The van der Waals surface area contributed by atoms with Gasteiger partial charge in [0.1, 0.15) is 5.75 Å². The lowest BCUT2D eigenvalue weighted by Crippen LogP contribution is -2.22. The van der Waals surface area contributed by atoms with Gasteiger partial charge in [0.05, 0.1) is 13.7 Å². The molecule has 1 heterocycles. The molecule has 1 aromatic carbocycles. The van der Waals surface area contributed by atoms with E-state index in [9.17, 15) is 14.7 Å². The second-order valence-electron chi connectivity index (χ2n) is 5.90. The Kier molecular flexibility index (Phi) is 4.72. The Balaban J connectivity index is 2.48. The van der Waals surface area contributed by atoms with Gasteiger partial charge in [0, 0.05) is 11.5 Å². The molecule has 0 aliphatic carbocycles. The number of carbonyl (C=O) groups is 1. The first-order valence-corrected chi connectivity index (χ1v) is 8.23. The molecule has 6 heteroatoms. The SMILES string of the molecule is CC(C)(C)C(=O)/C=c1\[nH]c(=O)/c(=C/c2ccc(O)c(Br)c2)s1. The quantitative estimate of drug-likeness (QED) is 0.836.